The largest absolute Gasteiger partial charge is 0.340 e. The minimum absolute atomic E-state index is 0.315. The molecule has 0 spiro atoms. The molecule has 1 saturated heterocycles. The van der Waals surface area contributed by atoms with E-state index in [0.29, 0.717) is 10.9 Å². The Morgan fingerprint density at radius 3 is 3.00 bits per heavy atom. The van der Waals surface area contributed by atoms with Crippen molar-refractivity contribution in [2.75, 3.05) is 12.3 Å². The molecule has 3 nitrogen and oxygen atoms in total. The first-order chi connectivity index (χ1) is 4.70. The lowest BCUT2D eigenvalue weighted by Crippen LogP contribution is -2.25. The van der Waals surface area contributed by atoms with Crippen molar-refractivity contribution in [3.63, 3.8) is 0 Å². The first kappa shape index (κ1) is 7.81. The van der Waals surface area contributed by atoms with E-state index in [4.69, 9.17) is 17.1 Å². The van der Waals surface area contributed by atoms with Crippen LogP contribution in [0.25, 0.3) is 0 Å². The van der Waals surface area contributed by atoms with Crippen molar-refractivity contribution in [3.8, 4) is 0 Å². The smallest absolute Gasteiger partial charge is 0.329 e. The van der Waals surface area contributed by atoms with Gasteiger partial charge in [0.1, 0.15) is 0 Å². The first-order valence-electron chi connectivity index (χ1n) is 2.83. The van der Waals surface area contributed by atoms with Crippen LogP contribution in [0, 0.1) is 0 Å². The molecule has 0 bridgehead atoms. The van der Waals surface area contributed by atoms with E-state index in [1.54, 1.807) is 0 Å². The molecule has 1 rings (SSSR count). The molecule has 1 aliphatic heterocycles. The summed E-state index contributed by atoms with van der Waals surface area (Å²) in [6.45, 7) is 2.08. The van der Waals surface area contributed by atoms with Gasteiger partial charge < -0.3 is 4.84 Å². The van der Waals surface area contributed by atoms with Crippen molar-refractivity contribution >= 4 is 34.3 Å². The Labute approximate surface area is 68.7 Å². The molecule has 0 aliphatic carbocycles. The van der Waals surface area contributed by atoms with E-state index in [-0.39, 0.29) is 5.97 Å². The molecule has 1 fully saturated rings. The summed E-state index contributed by atoms with van der Waals surface area (Å²) in [5, 5.41) is 1.45. The lowest BCUT2D eigenvalue weighted by atomic mass is 10.7. The molecule has 1 aliphatic rings. The van der Waals surface area contributed by atoms with Gasteiger partial charge >= 0.3 is 5.97 Å². The van der Waals surface area contributed by atoms with E-state index in [0.717, 1.165) is 5.75 Å². The molecular formula is C5H7NO2S2. The van der Waals surface area contributed by atoms with Crippen molar-refractivity contribution in [2.45, 2.75) is 6.92 Å². The summed E-state index contributed by atoms with van der Waals surface area (Å²) in [5.74, 6) is 0.594. The van der Waals surface area contributed by atoms with Gasteiger partial charge in [0, 0.05) is 12.7 Å². The molecule has 0 unspecified atom stereocenters. The highest BCUT2D eigenvalue weighted by Gasteiger charge is 2.19. The maximum atomic E-state index is 10.4. The molecule has 0 atom stereocenters. The predicted molar refractivity (Wildman–Crippen MR) is 43.5 cm³/mol. The van der Waals surface area contributed by atoms with Crippen molar-refractivity contribution in [3.05, 3.63) is 0 Å². The molecule has 0 saturated carbocycles. The minimum Gasteiger partial charge on any atom is -0.340 e. The third-order valence-corrected chi connectivity index (χ3v) is 2.36. The van der Waals surface area contributed by atoms with E-state index >= 15 is 0 Å². The number of hydrogen-bond donors (Lipinski definition) is 0. The maximum absolute atomic E-state index is 10.4. The summed E-state index contributed by atoms with van der Waals surface area (Å²) in [6, 6.07) is 0. The van der Waals surface area contributed by atoms with Crippen LogP contribution in [0.5, 0.6) is 0 Å². The number of nitrogens with zero attached hydrogens (tertiary/aromatic N) is 1. The van der Waals surface area contributed by atoms with E-state index in [2.05, 4.69) is 0 Å². The number of thioether (sulfide) groups is 1. The van der Waals surface area contributed by atoms with Crippen LogP contribution in [0.4, 0.5) is 0 Å². The third kappa shape index (κ3) is 1.85. The highest BCUT2D eigenvalue weighted by Crippen LogP contribution is 2.17. The number of carbonyl (C=O) groups excluding carboxylic acids is 1. The topological polar surface area (TPSA) is 29.5 Å². The fraction of sp³-hybridized carbons (Fsp3) is 0.600. The van der Waals surface area contributed by atoms with Crippen LogP contribution < -0.4 is 0 Å². The standard InChI is InChI=1S/C5H7NO2S2/c1-4(7)8-6-2-3-10-5(6)9/h2-3H2,1H3. The van der Waals surface area contributed by atoms with Gasteiger partial charge in [0.25, 0.3) is 0 Å². The maximum Gasteiger partial charge on any atom is 0.329 e. The van der Waals surface area contributed by atoms with E-state index in [1.807, 2.05) is 0 Å². The van der Waals surface area contributed by atoms with Gasteiger partial charge in [-0.15, -0.1) is 0 Å². The normalized spacial score (nSPS) is 17.7. The molecule has 56 valence electrons. The zero-order valence-corrected chi connectivity index (χ0v) is 7.13. The van der Waals surface area contributed by atoms with E-state index in [1.165, 1.54) is 23.7 Å². The minimum atomic E-state index is -0.315. The monoisotopic (exact) mass is 177 g/mol. The van der Waals surface area contributed by atoms with Crippen LogP contribution in [-0.2, 0) is 9.63 Å². The lowest BCUT2D eigenvalue weighted by molar-refractivity contribution is -0.167. The molecular weight excluding hydrogens is 170 g/mol. The Balaban J connectivity index is 2.40. The van der Waals surface area contributed by atoms with Crippen LogP contribution in [-0.4, -0.2) is 27.7 Å². The lowest BCUT2D eigenvalue weighted by Gasteiger charge is -2.13. The fourth-order valence-electron chi connectivity index (χ4n) is 0.617. The Hall–Kier alpha value is -0.290. The Morgan fingerprint density at radius 2 is 2.60 bits per heavy atom. The second-order valence-corrected chi connectivity index (χ2v) is 3.53. The summed E-state index contributed by atoms with van der Waals surface area (Å²) >= 11 is 6.40. The molecule has 0 aromatic rings. The Kier molecular flexibility index (Phi) is 2.50. The van der Waals surface area contributed by atoms with Crippen LogP contribution in [0.1, 0.15) is 6.92 Å². The predicted octanol–water partition coefficient (Wildman–Crippen LogP) is 0.798. The number of thiocarbonyl (C=S) groups is 1. The molecule has 10 heavy (non-hydrogen) atoms. The number of hydroxylamine groups is 2. The highest BCUT2D eigenvalue weighted by atomic mass is 32.2. The van der Waals surface area contributed by atoms with E-state index < -0.39 is 0 Å². The van der Waals surface area contributed by atoms with Gasteiger partial charge in [-0.05, 0) is 12.2 Å². The summed E-state index contributed by atoms with van der Waals surface area (Å²) in [7, 11) is 0. The zero-order chi connectivity index (χ0) is 7.56. The molecule has 0 radical (unpaired) electrons. The molecule has 0 aromatic heterocycles. The Bertz CT molecular complexity index is 171. The van der Waals surface area contributed by atoms with Gasteiger partial charge in [-0.3, -0.25) is 4.79 Å². The van der Waals surface area contributed by atoms with Gasteiger partial charge in [0.15, 0.2) is 4.32 Å². The molecule has 0 amide bonds. The average molecular weight is 177 g/mol. The van der Waals surface area contributed by atoms with Crippen LogP contribution in [0.3, 0.4) is 0 Å². The van der Waals surface area contributed by atoms with Crippen LogP contribution in [0.15, 0.2) is 0 Å². The van der Waals surface area contributed by atoms with Gasteiger partial charge in [0.2, 0.25) is 0 Å². The first-order valence-corrected chi connectivity index (χ1v) is 4.22. The van der Waals surface area contributed by atoms with E-state index in [9.17, 15) is 4.79 Å². The quantitative estimate of drug-likeness (QED) is 0.553. The molecule has 0 aromatic carbocycles. The van der Waals surface area contributed by atoms with Gasteiger partial charge in [-0.25, -0.2) is 0 Å². The number of rotatable bonds is 1. The van der Waals surface area contributed by atoms with Gasteiger partial charge in [-0.1, -0.05) is 11.8 Å². The molecule has 5 heteroatoms. The fourth-order valence-corrected chi connectivity index (χ4v) is 1.70. The zero-order valence-electron chi connectivity index (χ0n) is 5.49. The van der Waals surface area contributed by atoms with Gasteiger partial charge in [-0.2, -0.15) is 5.06 Å². The number of carbonyl (C=O) groups is 1. The summed E-state index contributed by atoms with van der Waals surface area (Å²) in [6.07, 6.45) is 0. The average Bonchev–Trinajstić information content (AvgIpc) is 2.15. The highest BCUT2D eigenvalue weighted by molar-refractivity contribution is 8.23. The summed E-state index contributed by atoms with van der Waals surface area (Å²) in [4.78, 5) is 15.2. The third-order valence-electron chi connectivity index (χ3n) is 0.962. The summed E-state index contributed by atoms with van der Waals surface area (Å²) in [5.41, 5.74) is 0. The molecule has 0 N–H and O–H groups in total. The van der Waals surface area contributed by atoms with Gasteiger partial charge in [0.05, 0.1) is 6.54 Å². The Morgan fingerprint density at radius 1 is 1.90 bits per heavy atom. The molecule has 1 heterocycles. The van der Waals surface area contributed by atoms with Crippen molar-refractivity contribution < 1.29 is 9.63 Å². The number of hydrogen-bond acceptors (Lipinski definition) is 4. The summed E-state index contributed by atoms with van der Waals surface area (Å²) < 4.78 is 0.648. The van der Waals surface area contributed by atoms with Crippen molar-refractivity contribution in [2.24, 2.45) is 0 Å². The van der Waals surface area contributed by atoms with Crippen molar-refractivity contribution in [1.29, 1.82) is 0 Å². The SMILES string of the molecule is CC(=O)ON1CCSC1=S. The second-order valence-electron chi connectivity index (χ2n) is 1.80. The van der Waals surface area contributed by atoms with Crippen molar-refractivity contribution in [1.82, 2.24) is 5.06 Å². The van der Waals surface area contributed by atoms with Crippen LogP contribution >= 0.6 is 24.0 Å². The van der Waals surface area contributed by atoms with Crippen LogP contribution in [0.2, 0.25) is 0 Å². The second kappa shape index (κ2) is 3.21.